The smallest absolute Gasteiger partial charge is 0.236 e. The lowest BCUT2D eigenvalue weighted by Gasteiger charge is -2.43. The van der Waals surface area contributed by atoms with Crippen molar-refractivity contribution in [1.82, 2.24) is 14.7 Å². The Kier molecular flexibility index (Phi) is 6.66. The molecule has 0 aliphatic carbocycles. The van der Waals surface area contributed by atoms with Crippen LogP contribution in [0.1, 0.15) is 39.5 Å². The monoisotopic (exact) mass is 311 g/mol. The molecule has 2 saturated heterocycles. The summed E-state index contributed by atoms with van der Waals surface area (Å²) < 4.78 is 0. The summed E-state index contributed by atoms with van der Waals surface area (Å²) in [4.78, 5) is 19.3. The van der Waals surface area contributed by atoms with Crippen molar-refractivity contribution in [1.29, 1.82) is 0 Å². The van der Waals surface area contributed by atoms with E-state index < -0.39 is 0 Å². The second-order valence-corrected chi connectivity index (χ2v) is 7.04. The number of aliphatic hydroxyl groups excluding tert-OH is 1. The Bertz CT molecular complexity index is 352. The molecule has 0 bridgehead atoms. The molecule has 128 valence electrons. The number of likely N-dealkylation sites (N-methyl/N-ethyl adjacent to an activating group) is 1. The Hall–Kier alpha value is -0.650. The van der Waals surface area contributed by atoms with Crippen LogP contribution in [0.4, 0.5) is 0 Å². The molecular weight excluding hydrogens is 278 g/mol. The molecule has 2 aliphatic heterocycles. The lowest BCUT2D eigenvalue weighted by Crippen LogP contribution is -2.53. The zero-order valence-electron chi connectivity index (χ0n) is 14.4. The van der Waals surface area contributed by atoms with E-state index in [9.17, 15) is 9.90 Å². The number of carbonyl (C=O) groups excluding carboxylic acids is 1. The van der Waals surface area contributed by atoms with Gasteiger partial charge in [-0.1, -0.05) is 20.3 Å². The second-order valence-electron chi connectivity index (χ2n) is 7.04. The van der Waals surface area contributed by atoms with Gasteiger partial charge >= 0.3 is 0 Å². The highest BCUT2D eigenvalue weighted by Crippen LogP contribution is 2.34. The Morgan fingerprint density at radius 2 is 1.77 bits per heavy atom. The minimum atomic E-state index is -0.0520. The number of amides is 1. The van der Waals surface area contributed by atoms with Crippen LogP contribution in [0.3, 0.4) is 0 Å². The summed E-state index contributed by atoms with van der Waals surface area (Å²) in [5.41, 5.74) is -0.0520. The number of likely N-dealkylation sites (tertiary alicyclic amines) is 1. The van der Waals surface area contributed by atoms with Gasteiger partial charge in [0.2, 0.25) is 5.91 Å². The fourth-order valence-electron chi connectivity index (χ4n) is 3.92. The number of piperidine rings is 1. The minimum Gasteiger partial charge on any atom is -0.396 e. The number of hydrogen-bond donors (Lipinski definition) is 1. The molecule has 2 heterocycles. The summed E-state index contributed by atoms with van der Waals surface area (Å²) in [7, 11) is 0. The fourth-order valence-corrected chi connectivity index (χ4v) is 3.92. The lowest BCUT2D eigenvalue weighted by molar-refractivity contribution is -0.137. The molecule has 1 atom stereocenters. The number of rotatable bonds is 6. The Morgan fingerprint density at radius 3 is 2.36 bits per heavy atom. The molecule has 1 amide bonds. The maximum absolute atomic E-state index is 12.6. The van der Waals surface area contributed by atoms with E-state index in [0.29, 0.717) is 6.54 Å². The van der Waals surface area contributed by atoms with Crippen LogP contribution < -0.4 is 0 Å². The van der Waals surface area contributed by atoms with Crippen LogP contribution in [0.5, 0.6) is 0 Å². The van der Waals surface area contributed by atoms with Gasteiger partial charge in [0, 0.05) is 44.7 Å². The molecule has 0 spiro atoms. The molecule has 2 aliphatic rings. The van der Waals surface area contributed by atoms with E-state index in [1.165, 1.54) is 0 Å². The highest BCUT2D eigenvalue weighted by Gasteiger charge is 2.36. The first kappa shape index (κ1) is 17.7. The van der Waals surface area contributed by atoms with Crippen LogP contribution in [0, 0.1) is 5.41 Å². The van der Waals surface area contributed by atoms with E-state index >= 15 is 0 Å². The predicted octanol–water partition coefficient (Wildman–Crippen LogP) is 1.03. The molecule has 0 aromatic heterocycles. The average molecular weight is 311 g/mol. The molecule has 5 heteroatoms. The van der Waals surface area contributed by atoms with Gasteiger partial charge in [-0.25, -0.2) is 0 Å². The standard InChI is InChI=1S/C17H33N3O2/c1-3-6-17(15-21)7-5-8-20(14-17)16(22)13-19-11-9-18(4-2)10-12-19/h21H,3-15H2,1-2H3/t17-/m0/s1. The topological polar surface area (TPSA) is 47.0 Å². The van der Waals surface area contributed by atoms with E-state index in [4.69, 9.17) is 0 Å². The van der Waals surface area contributed by atoms with Gasteiger partial charge in [-0.15, -0.1) is 0 Å². The molecule has 0 unspecified atom stereocenters. The largest absolute Gasteiger partial charge is 0.396 e. The van der Waals surface area contributed by atoms with E-state index in [1.54, 1.807) is 0 Å². The van der Waals surface area contributed by atoms with Crippen molar-refractivity contribution >= 4 is 5.91 Å². The maximum Gasteiger partial charge on any atom is 0.236 e. The van der Waals surface area contributed by atoms with E-state index in [1.807, 2.05) is 4.90 Å². The normalized spacial score (nSPS) is 28.0. The quantitative estimate of drug-likeness (QED) is 0.796. The highest BCUT2D eigenvalue weighted by atomic mass is 16.3. The third kappa shape index (κ3) is 4.43. The second kappa shape index (κ2) is 8.27. The predicted molar refractivity (Wildman–Crippen MR) is 88.8 cm³/mol. The Balaban J connectivity index is 1.84. The van der Waals surface area contributed by atoms with Gasteiger partial charge in [-0.05, 0) is 25.8 Å². The molecule has 1 N–H and O–H groups in total. The molecule has 22 heavy (non-hydrogen) atoms. The molecule has 2 fully saturated rings. The Morgan fingerprint density at radius 1 is 1.09 bits per heavy atom. The highest BCUT2D eigenvalue weighted by molar-refractivity contribution is 5.78. The first-order valence-electron chi connectivity index (χ1n) is 8.96. The van der Waals surface area contributed by atoms with Crippen molar-refractivity contribution in [3.05, 3.63) is 0 Å². The van der Waals surface area contributed by atoms with Crippen molar-refractivity contribution in [2.45, 2.75) is 39.5 Å². The summed E-state index contributed by atoms with van der Waals surface area (Å²) in [5.74, 6) is 0.249. The number of hydrogen-bond acceptors (Lipinski definition) is 4. The third-order valence-electron chi connectivity index (χ3n) is 5.40. The summed E-state index contributed by atoms with van der Waals surface area (Å²) in [6.45, 7) is 11.9. The van der Waals surface area contributed by atoms with E-state index in [2.05, 4.69) is 23.6 Å². The SMILES string of the molecule is CCC[C@]1(CO)CCCN(C(=O)CN2CCN(CC)CC2)C1. The van der Waals surface area contributed by atoms with Gasteiger partial charge < -0.3 is 14.9 Å². The van der Waals surface area contributed by atoms with E-state index in [0.717, 1.165) is 71.5 Å². The summed E-state index contributed by atoms with van der Waals surface area (Å²) in [6, 6.07) is 0. The van der Waals surface area contributed by atoms with Gasteiger partial charge in [0.25, 0.3) is 0 Å². The van der Waals surface area contributed by atoms with Crippen LogP contribution in [-0.4, -0.2) is 84.7 Å². The number of piperazine rings is 1. The minimum absolute atomic E-state index is 0.0520. The molecule has 2 rings (SSSR count). The van der Waals surface area contributed by atoms with Gasteiger partial charge in [0.15, 0.2) is 0 Å². The van der Waals surface area contributed by atoms with Crippen LogP contribution in [0.15, 0.2) is 0 Å². The van der Waals surface area contributed by atoms with Crippen LogP contribution in [0.2, 0.25) is 0 Å². The van der Waals surface area contributed by atoms with E-state index in [-0.39, 0.29) is 17.9 Å². The van der Waals surface area contributed by atoms with Crippen molar-refractivity contribution < 1.29 is 9.90 Å². The number of carbonyl (C=O) groups is 1. The molecule has 5 nitrogen and oxygen atoms in total. The third-order valence-corrected chi connectivity index (χ3v) is 5.40. The Labute approximate surface area is 135 Å². The van der Waals surface area contributed by atoms with Gasteiger partial charge in [-0.3, -0.25) is 9.69 Å². The number of aliphatic hydroxyl groups is 1. The fraction of sp³-hybridized carbons (Fsp3) is 0.941. The van der Waals surface area contributed by atoms with Gasteiger partial charge in [-0.2, -0.15) is 0 Å². The summed E-state index contributed by atoms with van der Waals surface area (Å²) >= 11 is 0. The molecule has 0 aromatic rings. The zero-order valence-corrected chi connectivity index (χ0v) is 14.4. The van der Waals surface area contributed by atoms with Crippen LogP contribution >= 0.6 is 0 Å². The van der Waals surface area contributed by atoms with Gasteiger partial charge in [0.05, 0.1) is 13.2 Å². The molecule has 0 aromatic carbocycles. The summed E-state index contributed by atoms with van der Waals surface area (Å²) in [6.07, 6.45) is 4.16. The summed E-state index contributed by atoms with van der Waals surface area (Å²) in [5, 5.41) is 9.80. The van der Waals surface area contributed by atoms with Crippen LogP contribution in [0.25, 0.3) is 0 Å². The molecular formula is C17H33N3O2. The molecule has 0 radical (unpaired) electrons. The van der Waals surface area contributed by atoms with Crippen molar-refractivity contribution in [2.24, 2.45) is 5.41 Å². The average Bonchev–Trinajstić information content (AvgIpc) is 2.56. The zero-order chi connectivity index (χ0) is 16.0. The number of nitrogens with zero attached hydrogens (tertiary/aromatic N) is 3. The van der Waals surface area contributed by atoms with Crippen molar-refractivity contribution in [2.75, 3.05) is 59.0 Å². The maximum atomic E-state index is 12.6. The van der Waals surface area contributed by atoms with Crippen molar-refractivity contribution in [3.63, 3.8) is 0 Å². The molecule has 0 saturated carbocycles. The first-order valence-corrected chi connectivity index (χ1v) is 8.96. The lowest BCUT2D eigenvalue weighted by atomic mass is 9.77. The van der Waals surface area contributed by atoms with Crippen LogP contribution in [-0.2, 0) is 4.79 Å². The van der Waals surface area contributed by atoms with Gasteiger partial charge in [0.1, 0.15) is 0 Å². The van der Waals surface area contributed by atoms with Crippen molar-refractivity contribution in [3.8, 4) is 0 Å². The first-order chi connectivity index (χ1) is 10.6.